The second-order valence-corrected chi connectivity index (χ2v) is 5.34. The molecule has 1 aromatic rings. The zero-order chi connectivity index (χ0) is 15.2. The lowest BCUT2D eigenvalue weighted by Gasteiger charge is -2.14. The van der Waals surface area contributed by atoms with E-state index in [2.05, 4.69) is 18.8 Å². The summed E-state index contributed by atoms with van der Waals surface area (Å²) in [6.45, 7) is 7.14. The molecule has 114 valence electrons. The van der Waals surface area contributed by atoms with Gasteiger partial charge in [-0.25, -0.2) is 0 Å². The Labute approximate surface area is 125 Å². The highest BCUT2D eigenvalue weighted by atomic mass is 16.5. The van der Waals surface area contributed by atoms with Crippen molar-refractivity contribution >= 4 is 11.7 Å². The summed E-state index contributed by atoms with van der Waals surface area (Å²) < 4.78 is 11.4. The van der Waals surface area contributed by atoms with Gasteiger partial charge in [-0.05, 0) is 25.3 Å². The number of hydrogen-bond donors (Lipinski definition) is 3. The van der Waals surface area contributed by atoms with Gasteiger partial charge in [-0.15, -0.1) is 0 Å². The van der Waals surface area contributed by atoms with Gasteiger partial charge in [0.25, 0.3) is 0 Å². The van der Waals surface area contributed by atoms with Crippen molar-refractivity contribution in [3.8, 4) is 0 Å². The molecule has 2 rings (SSSR count). The number of hydrogen-bond acceptors (Lipinski definition) is 3. The number of guanidine groups is 1. The highest BCUT2D eigenvalue weighted by molar-refractivity contribution is 5.74. The first-order chi connectivity index (χ1) is 10.0. The van der Waals surface area contributed by atoms with Crippen LogP contribution in [0.15, 0.2) is 30.8 Å². The van der Waals surface area contributed by atoms with Gasteiger partial charge in [-0.1, -0.05) is 30.8 Å². The van der Waals surface area contributed by atoms with Crippen molar-refractivity contribution in [2.75, 3.05) is 6.61 Å². The second-order valence-electron chi connectivity index (χ2n) is 5.34. The Balaban J connectivity index is 1.80. The molecule has 1 aliphatic heterocycles. The highest BCUT2D eigenvalue weighted by Crippen LogP contribution is 2.22. The first kappa shape index (κ1) is 15.4. The number of nitrogens with one attached hydrogen (secondary N) is 2. The van der Waals surface area contributed by atoms with Gasteiger partial charge >= 0.3 is 0 Å². The molecule has 2 atom stereocenters. The molecule has 5 nitrogen and oxygen atoms in total. The van der Waals surface area contributed by atoms with E-state index >= 15 is 0 Å². The first-order valence-corrected chi connectivity index (χ1v) is 7.19. The van der Waals surface area contributed by atoms with Crippen LogP contribution in [0.25, 0.3) is 5.76 Å². The molecule has 4 N–H and O–H groups in total. The third kappa shape index (κ3) is 4.79. The molecule has 1 saturated heterocycles. The van der Waals surface area contributed by atoms with Crippen molar-refractivity contribution in [2.45, 2.75) is 38.5 Å². The van der Waals surface area contributed by atoms with Gasteiger partial charge in [-0.3, -0.25) is 5.41 Å². The maximum atomic E-state index is 7.13. The number of benzene rings is 1. The monoisotopic (exact) mass is 289 g/mol. The molecule has 21 heavy (non-hydrogen) atoms. The Morgan fingerprint density at radius 1 is 1.43 bits per heavy atom. The standard InChI is InChI=1S/C16H23N3O2/c1-11-3-8-15(21-11)10-20-12(2)14-6-4-13(5-7-14)9-19-16(17)18/h4-7,11,15H,2-3,8-10H2,1H3,(H4,17,18,19)/t11?,15-/m0/s1. The Morgan fingerprint density at radius 3 is 2.71 bits per heavy atom. The predicted octanol–water partition coefficient (Wildman–Crippen LogP) is 2.22. The van der Waals surface area contributed by atoms with Gasteiger partial charge < -0.3 is 20.5 Å². The van der Waals surface area contributed by atoms with E-state index in [1.807, 2.05) is 24.3 Å². The molecule has 0 spiro atoms. The highest BCUT2D eigenvalue weighted by Gasteiger charge is 2.22. The summed E-state index contributed by atoms with van der Waals surface area (Å²) in [5, 5.41) is 9.89. The predicted molar refractivity (Wildman–Crippen MR) is 83.8 cm³/mol. The largest absolute Gasteiger partial charge is 0.491 e. The fourth-order valence-electron chi connectivity index (χ4n) is 2.29. The first-order valence-electron chi connectivity index (χ1n) is 7.19. The zero-order valence-electron chi connectivity index (χ0n) is 12.4. The van der Waals surface area contributed by atoms with E-state index in [-0.39, 0.29) is 12.1 Å². The average Bonchev–Trinajstić information content (AvgIpc) is 2.89. The molecule has 1 aliphatic rings. The van der Waals surface area contributed by atoms with Crippen molar-refractivity contribution in [3.63, 3.8) is 0 Å². The molecular formula is C16H23N3O2. The lowest BCUT2D eigenvalue weighted by molar-refractivity contribution is 0.0198. The fraction of sp³-hybridized carbons (Fsp3) is 0.438. The minimum atomic E-state index is -0.0300. The second kappa shape index (κ2) is 7.13. The zero-order valence-corrected chi connectivity index (χ0v) is 12.4. The van der Waals surface area contributed by atoms with Crippen LogP contribution < -0.4 is 11.1 Å². The topological polar surface area (TPSA) is 80.4 Å². The molecule has 0 aromatic heterocycles. The third-order valence-electron chi connectivity index (χ3n) is 3.52. The van der Waals surface area contributed by atoms with E-state index in [9.17, 15) is 0 Å². The summed E-state index contributed by atoms with van der Waals surface area (Å²) in [5.41, 5.74) is 7.26. The SMILES string of the molecule is C=C(OC[C@@H]1CCC(C)O1)c1ccc(CNC(=N)N)cc1. The van der Waals surface area contributed by atoms with Gasteiger partial charge in [0.2, 0.25) is 0 Å². The van der Waals surface area contributed by atoms with Crippen LogP contribution in [0.4, 0.5) is 0 Å². The van der Waals surface area contributed by atoms with Crippen molar-refractivity contribution in [1.82, 2.24) is 5.32 Å². The lowest BCUT2D eigenvalue weighted by Crippen LogP contribution is -2.29. The maximum Gasteiger partial charge on any atom is 0.185 e. The summed E-state index contributed by atoms with van der Waals surface area (Å²) in [5.74, 6) is 0.627. The van der Waals surface area contributed by atoms with Crippen LogP contribution in [0.3, 0.4) is 0 Å². The van der Waals surface area contributed by atoms with Crippen LogP contribution in [0.1, 0.15) is 30.9 Å². The van der Waals surface area contributed by atoms with Crippen LogP contribution in [0.2, 0.25) is 0 Å². The number of ether oxygens (including phenoxy) is 2. The summed E-state index contributed by atoms with van der Waals surface area (Å²) in [4.78, 5) is 0. The third-order valence-corrected chi connectivity index (χ3v) is 3.52. The maximum absolute atomic E-state index is 7.13. The lowest BCUT2D eigenvalue weighted by atomic mass is 10.1. The molecule has 1 heterocycles. The van der Waals surface area contributed by atoms with Crippen LogP contribution >= 0.6 is 0 Å². The molecule has 1 fully saturated rings. The molecule has 0 amide bonds. The van der Waals surface area contributed by atoms with Gasteiger partial charge in [-0.2, -0.15) is 0 Å². The van der Waals surface area contributed by atoms with Crippen molar-refractivity contribution < 1.29 is 9.47 Å². The van der Waals surface area contributed by atoms with E-state index < -0.39 is 0 Å². The van der Waals surface area contributed by atoms with Crippen LogP contribution in [-0.2, 0) is 16.0 Å². The molecule has 0 aliphatic carbocycles. The molecule has 0 radical (unpaired) electrons. The summed E-state index contributed by atoms with van der Waals surface area (Å²) in [7, 11) is 0. The Hall–Kier alpha value is -2.01. The molecule has 5 heteroatoms. The molecule has 0 saturated carbocycles. The normalized spacial score (nSPS) is 21.0. The van der Waals surface area contributed by atoms with E-state index in [1.54, 1.807) is 0 Å². The van der Waals surface area contributed by atoms with E-state index in [0.29, 0.717) is 25.0 Å². The molecule has 0 bridgehead atoms. The van der Waals surface area contributed by atoms with Crippen molar-refractivity contribution in [1.29, 1.82) is 5.41 Å². The van der Waals surface area contributed by atoms with Gasteiger partial charge in [0.1, 0.15) is 12.4 Å². The van der Waals surface area contributed by atoms with Gasteiger partial charge in [0.15, 0.2) is 5.96 Å². The number of nitrogens with two attached hydrogens (primary N) is 1. The summed E-state index contributed by atoms with van der Waals surface area (Å²) in [6, 6.07) is 7.84. The van der Waals surface area contributed by atoms with Gasteiger partial charge in [0, 0.05) is 12.1 Å². The number of rotatable bonds is 6. The smallest absolute Gasteiger partial charge is 0.185 e. The fourth-order valence-corrected chi connectivity index (χ4v) is 2.29. The molecule has 1 unspecified atom stereocenters. The summed E-state index contributed by atoms with van der Waals surface area (Å²) in [6.07, 6.45) is 2.65. The molecule has 1 aromatic carbocycles. The summed E-state index contributed by atoms with van der Waals surface area (Å²) >= 11 is 0. The van der Waals surface area contributed by atoms with Gasteiger partial charge in [0.05, 0.1) is 12.2 Å². The minimum Gasteiger partial charge on any atom is -0.491 e. The van der Waals surface area contributed by atoms with E-state index in [0.717, 1.165) is 24.0 Å². The van der Waals surface area contributed by atoms with Crippen molar-refractivity contribution in [2.24, 2.45) is 5.73 Å². The van der Waals surface area contributed by atoms with Crippen LogP contribution in [-0.4, -0.2) is 24.8 Å². The van der Waals surface area contributed by atoms with Crippen LogP contribution in [0, 0.1) is 5.41 Å². The Morgan fingerprint density at radius 2 is 2.14 bits per heavy atom. The minimum absolute atomic E-state index is 0.0300. The Bertz CT molecular complexity index is 499. The van der Waals surface area contributed by atoms with E-state index in [1.165, 1.54) is 0 Å². The molecular weight excluding hydrogens is 266 g/mol. The van der Waals surface area contributed by atoms with E-state index in [4.69, 9.17) is 20.6 Å². The average molecular weight is 289 g/mol. The Kier molecular flexibility index (Phi) is 5.22. The quantitative estimate of drug-likeness (QED) is 0.426. The van der Waals surface area contributed by atoms with Crippen LogP contribution in [0.5, 0.6) is 0 Å². The van der Waals surface area contributed by atoms with Crippen molar-refractivity contribution in [3.05, 3.63) is 42.0 Å².